The first-order valence-corrected chi connectivity index (χ1v) is 11.9. The number of anilines is 1. The average Bonchev–Trinajstić information content (AvgIpc) is 2.96. The fourth-order valence-corrected chi connectivity index (χ4v) is 4.97. The summed E-state index contributed by atoms with van der Waals surface area (Å²) in [6.45, 7) is 14.4. The molecule has 1 aliphatic rings. The Balaban J connectivity index is 1.53. The minimum atomic E-state index is 0.267. The first-order valence-electron chi connectivity index (χ1n) is 11.1. The molecular weight excluding hydrogens is 392 g/mol. The van der Waals surface area contributed by atoms with E-state index in [9.17, 15) is 4.79 Å². The van der Waals surface area contributed by atoms with E-state index >= 15 is 0 Å². The van der Waals surface area contributed by atoms with E-state index in [0.717, 1.165) is 56.4 Å². The van der Waals surface area contributed by atoms with Crippen LogP contribution in [0.5, 0.6) is 0 Å². The summed E-state index contributed by atoms with van der Waals surface area (Å²) in [4.78, 5) is 21.9. The van der Waals surface area contributed by atoms with Crippen molar-refractivity contribution in [2.75, 3.05) is 31.1 Å². The van der Waals surface area contributed by atoms with Crippen LogP contribution in [0.1, 0.15) is 63.9 Å². The van der Waals surface area contributed by atoms with Crippen molar-refractivity contribution in [1.82, 2.24) is 14.3 Å². The number of carbonyl (C=O) groups excluding carboxylic acids is 1. The van der Waals surface area contributed by atoms with Crippen molar-refractivity contribution >= 4 is 22.6 Å². The Morgan fingerprint density at radius 2 is 1.87 bits per heavy atom. The average molecular weight is 429 g/mol. The lowest BCUT2D eigenvalue weighted by Gasteiger charge is -2.26. The zero-order chi connectivity index (χ0) is 21.7. The number of benzene rings is 1. The summed E-state index contributed by atoms with van der Waals surface area (Å²) in [5, 5.41) is 0.979. The quantitative estimate of drug-likeness (QED) is 0.654. The normalized spacial score (nSPS) is 16.4. The van der Waals surface area contributed by atoms with Crippen LogP contribution in [0.2, 0.25) is 0 Å². The first kappa shape index (κ1) is 22.7. The van der Waals surface area contributed by atoms with E-state index in [4.69, 9.17) is 4.98 Å². The van der Waals surface area contributed by atoms with E-state index in [1.165, 1.54) is 22.7 Å². The second-order valence-electron chi connectivity index (χ2n) is 9.95. The molecule has 1 aromatic heterocycles. The molecule has 0 bridgehead atoms. The highest BCUT2D eigenvalue weighted by molar-refractivity contribution is 7.09. The maximum atomic E-state index is 12.8. The van der Waals surface area contributed by atoms with Gasteiger partial charge in [0, 0.05) is 50.6 Å². The van der Waals surface area contributed by atoms with Gasteiger partial charge in [-0.1, -0.05) is 57.5 Å². The number of nitrogens with zero attached hydrogens (tertiary/aromatic N) is 4. The molecule has 3 rings (SSSR count). The molecule has 0 radical (unpaired) electrons. The van der Waals surface area contributed by atoms with Gasteiger partial charge in [-0.2, -0.15) is 4.37 Å². The van der Waals surface area contributed by atoms with Gasteiger partial charge in [-0.05, 0) is 36.7 Å². The Morgan fingerprint density at radius 3 is 2.57 bits per heavy atom. The van der Waals surface area contributed by atoms with Gasteiger partial charge in [-0.15, -0.1) is 0 Å². The molecule has 1 aliphatic heterocycles. The number of carbonyl (C=O) groups is 1. The second kappa shape index (κ2) is 9.90. The van der Waals surface area contributed by atoms with Crippen LogP contribution in [-0.4, -0.2) is 46.3 Å². The number of hydrogen-bond acceptors (Lipinski definition) is 5. The molecule has 1 fully saturated rings. The highest BCUT2D eigenvalue weighted by atomic mass is 32.1. The molecule has 1 amide bonds. The van der Waals surface area contributed by atoms with Crippen LogP contribution in [0, 0.1) is 18.3 Å². The van der Waals surface area contributed by atoms with Gasteiger partial charge in [0.15, 0.2) is 0 Å². The molecule has 0 N–H and O–H groups in total. The molecular formula is C24H36N4OS. The lowest BCUT2D eigenvalue weighted by Crippen LogP contribution is -2.36. The summed E-state index contributed by atoms with van der Waals surface area (Å²) in [7, 11) is 0. The van der Waals surface area contributed by atoms with Crippen LogP contribution in [0.4, 0.5) is 5.13 Å². The Morgan fingerprint density at radius 1 is 1.13 bits per heavy atom. The van der Waals surface area contributed by atoms with Gasteiger partial charge in [-0.3, -0.25) is 4.79 Å². The molecule has 2 heterocycles. The molecule has 1 atom stereocenters. The lowest BCUT2D eigenvalue weighted by atomic mass is 9.84. The summed E-state index contributed by atoms with van der Waals surface area (Å²) in [5.74, 6) is 1.60. The molecule has 2 aromatic rings. The van der Waals surface area contributed by atoms with Crippen molar-refractivity contribution in [3.05, 3.63) is 41.2 Å². The molecule has 6 heteroatoms. The van der Waals surface area contributed by atoms with Gasteiger partial charge < -0.3 is 9.80 Å². The van der Waals surface area contributed by atoms with Crippen molar-refractivity contribution in [2.24, 2.45) is 11.3 Å². The summed E-state index contributed by atoms with van der Waals surface area (Å²) in [5.41, 5.74) is 2.77. The van der Waals surface area contributed by atoms with Crippen molar-refractivity contribution in [3.8, 4) is 0 Å². The van der Waals surface area contributed by atoms with Crippen molar-refractivity contribution in [1.29, 1.82) is 0 Å². The Bertz CT molecular complexity index is 824. The monoisotopic (exact) mass is 428 g/mol. The maximum absolute atomic E-state index is 12.8. The summed E-state index contributed by atoms with van der Waals surface area (Å²) >= 11 is 1.48. The van der Waals surface area contributed by atoms with Crippen LogP contribution >= 0.6 is 11.5 Å². The molecule has 0 unspecified atom stereocenters. The fraction of sp³-hybridized carbons (Fsp3) is 0.625. The van der Waals surface area contributed by atoms with E-state index in [-0.39, 0.29) is 5.41 Å². The summed E-state index contributed by atoms with van der Waals surface area (Å²) in [6, 6.07) is 8.55. The molecule has 30 heavy (non-hydrogen) atoms. The zero-order valence-electron chi connectivity index (χ0n) is 19.1. The van der Waals surface area contributed by atoms with Crippen LogP contribution < -0.4 is 4.90 Å². The standard InChI is InChI=1S/C24H36N4OS/c1-18-7-9-20(10-8-18)16-21-25-23(30-26-21)28-12-6-11-27(13-14-28)22(29)15-19(2)17-24(3,4)5/h7-10,19H,6,11-17H2,1-5H3/t19-/m1/s1. The minimum Gasteiger partial charge on any atom is -0.345 e. The Hall–Kier alpha value is -1.95. The van der Waals surface area contributed by atoms with E-state index in [1.54, 1.807) is 0 Å². The Kier molecular flexibility index (Phi) is 7.50. The maximum Gasteiger partial charge on any atom is 0.222 e. The van der Waals surface area contributed by atoms with Crippen molar-refractivity contribution < 1.29 is 4.79 Å². The van der Waals surface area contributed by atoms with E-state index in [0.29, 0.717) is 18.2 Å². The van der Waals surface area contributed by atoms with Crippen LogP contribution in [0.25, 0.3) is 0 Å². The molecule has 0 aliphatic carbocycles. The van der Waals surface area contributed by atoms with E-state index < -0.39 is 0 Å². The fourth-order valence-electron chi connectivity index (χ4n) is 4.24. The number of rotatable bonds is 6. The predicted molar refractivity (Wildman–Crippen MR) is 125 cm³/mol. The molecule has 1 saturated heterocycles. The highest BCUT2D eigenvalue weighted by Crippen LogP contribution is 2.27. The van der Waals surface area contributed by atoms with Crippen LogP contribution in [-0.2, 0) is 11.2 Å². The number of hydrogen-bond donors (Lipinski definition) is 0. The third-order valence-corrected chi connectivity index (χ3v) is 6.36. The van der Waals surface area contributed by atoms with Gasteiger partial charge in [0.25, 0.3) is 0 Å². The molecule has 5 nitrogen and oxygen atoms in total. The zero-order valence-corrected chi connectivity index (χ0v) is 20.0. The second-order valence-corrected chi connectivity index (χ2v) is 10.7. The Labute approximate surface area is 185 Å². The van der Waals surface area contributed by atoms with Crippen molar-refractivity contribution in [3.63, 3.8) is 0 Å². The van der Waals surface area contributed by atoms with Crippen LogP contribution in [0.15, 0.2) is 24.3 Å². The molecule has 0 saturated carbocycles. The minimum absolute atomic E-state index is 0.267. The van der Waals surface area contributed by atoms with Gasteiger partial charge >= 0.3 is 0 Å². The lowest BCUT2D eigenvalue weighted by molar-refractivity contribution is -0.132. The van der Waals surface area contributed by atoms with Crippen molar-refractivity contribution in [2.45, 2.75) is 60.3 Å². The summed E-state index contributed by atoms with van der Waals surface area (Å²) < 4.78 is 4.58. The van der Waals surface area contributed by atoms with Gasteiger partial charge in [0.05, 0.1) is 0 Å². The highest BCUT2D eigenvalue weighted by Gasteiger charge is 2.24. The topological polar surface area (TPSA) is 49.3 Å². The van der Waals surface area contributed by atoms with E-state index in [1.807, 2.05) is 4.90 Å². The SMILES string of the molecule is Cc1ccc(Cc2nsc(N3CCCN(C(=O)C[C@@H](C)CC(C)(C)C)CC3)n2)cc1. The third-order valence-electron chi connectivity index (χ3n) is 5.54. The molecule has 164 valence electrons. The van der Waals surface area contributed by atoms with E-state index in [2.05, 4.69) is 68.2 Å². The van der Waals surface area contributed by atoms with Crippen LogP contribution in [0.3, 0.4) is 0 Å². The van der Waals surface area contributed by atoms with Gasteiger partial charge in [0.1, 0.15) is 5.82 Å². The number of aryl methyl sites for hydroxylation is 1. The smallest absolute Gasteiger partial charge is 0.222 e. The predicted octanol–water partition coefficient (Wildman–Crippen LogP) is 4.94. The number of aromatic nitrogens is 2. The molecule has 1 aromatic carbocycles. The number of amides is 1. The third kappa shape index (κ3) is 6.79. The first-order chi connectivity index (χ1) is 14.2. The molecule has 0 spiro atoms. The largest absolute Gasteiger partial charge is 0.345 e. The van der Waals surface area contributed by atoms with Gasteiger partial charge in [-0.25, -0.2) is 4.98 Å². The van der Waals surface area contributed by atoms with Gasteiger partial charge in [0.2, 0.25) is 11.0 Å². The summed E-state index contributed by atoms with van der Waals surface area (Å²) in [6.07, 6.45) is 3.47.